The highest BCUT2D eigenvalue weighted by Crippen LogP contribution is 2.41. The van der Waals surface area contributed by atoms with Gasteiger partial charge in [-0.15, -0.1) is 11.3 Å². The van der Waals surface area contributed by atoms with Gasteiger partial charge in [0.15, 0.2) is 0 Å². The van der Waals surface area contributed by atoms with E-state index in [-0.39, 0.29) is 11.5 Å². The normalized spacial score (nSPS) is 13.8. The molecular weight excluding hydrogens is 418 g/mol. The first-order chi connectivity index (χ1) is 15.6. The minimum atomic E-state index is -0.00411. The van der Waals surface area contributed by atoms with E-state index in [0.29, 0.717) is 17.0 Å². The van der Waals surface area contributed by atoms with Gasteiger partial charge in [-0.25, -0.2) is 0 Å². The Labute approximate surface area is 191 Å². The molecule has 1 aliphatic rings. The lowest BCUT2D eigenvalue weighted by Crippen LogP contribution is -2.39. The molecule has 32 heavy (non-hydrogen) atoms. The molecule has 0 radical (unpaired) electrons. The number of ketones is 1. The number of aromatic hydroxyl groups is 1. The number of carbonyl (C=O) groups is 1. The minimum absolute atomic E-state index is 0.00411. The van der Waals surface area contributed by atoms with Crippen LogP contribution in [0.15, 0.2) is 66.7 Å². The van der Waals surface area contributed by atoms with Crippen molar-refractivity contribution in [1.29, 1.82) is 0 Å². The highest BCUT2D eigenvalue weighted by atomic mass is 32.1. The standard InChI is InChI=1S/C27H25NO3S/c1-18-3-5-20(6-4-18)26(30)27-25(23-12-9-21(29)17-24(23)32-27)19-7-10-22(11-8-19)31-16-15-28-13-2-14-28/h3-12,17,29H,2,13-16H2,1H3. The van der Waals surface area contributed by atoms with Crippen LogP contribution in [-0.4, -0.2) is 42.0 Å². The third kappa shape index (κ3) is 4.14. The van der Waals surface area contributed by atoms with Crippen LogP contribution in [0, 0.1) is 6.92 Å². The molecule has 0 spiro atoms. The van der Waals surface area contributed by atoms with E-state index in [1.54, 1.807) is 12.1 Å². The van der Waals surface area contributed by atoms with E-state index in [2.05, 4.69) is 4.90 Å². The van der Waals surface area contributed by atoms with Crippen LogP contribution in [-0.2, 0) is 0 Å². The molecule has 0 aliphatic carbocycles. The Balaban J connectivity index is 1.48. The van der Waals surface area contributed by atoms with Crippen molar-refractivity contribution in [2.75, 3.05) is 26.2 Å². The van der Waals surface area contributed by atoms with Crippen molar-refractivity contribution in [3.8, 4) is 22.6 Å². The van der Waals surface area contributed by atoms with Crippen molar-refractivity contribution in [3.63, 3.8) is 0 Å². The molecule has 0 unspecified atom stereocenters. The molecule has 1 N–H and O–H groups in total. The van der Waals surface area contributed by atoms with Crippen LogP contribution in [0.4, 0.5) is 0 Å². The number of phenols is 1. The Morgan fingerprint density at radius 1 is 1.03 bits per heavy atom. The van der Waals surface area contributed by atoms with Gasteiger partial charge in [0, 0.05) is 27.8 Å². The maximum Gasteiger partial charge on any atom is 0.203 e. The fraction of sp³-hybridized carbons (Fsp3) is 0.222. The van der Waals surface area contributed by atoms with Crippen LogP contribution in [0.1, 0.15) is 27.2 Å². The molecule has 1 aliphatic heterocycles. The Morgan fingerprint density at radius 3 is 2.47 bits per heavy atom. The molecule has 162 valence electrons. The summed E-state index contributed by atoms with van der Waals surface area (Å²) in [4.78, 5) is 16.5. The predicted molar refractivity (Wildman–Crippen MR) is 130 cm³/mol. The maximum atomic E-state index is 13.4. The topological polar surface area (TPSA) is 49.8 Å². The third-order valence-electron chi connectivity index (χ3n) is 5.96. The van der Waals surface area contributed by atoms with Crippen molar-refractivity contribution >= 4 is 27.2 Å². The van der Waals surface area contributed by atoms with Crippen molar-refractivity contribution in [1.82, 2.24) is 4.90 Å². The van der Waals surface area contributed by atoms with Gasteiger partial charge < -0.3 is 9.84 Å². The Bertz CT molecular complexity index is 1250. The number of hydrogen-bond acceptors (Lipinski definition) is 5. The first-order valence-electron chi connectivity index (χ1n) is 10.9. The molecule has 4 nitrogen and oxygen atoms in total. The van der Waals surface area contributed by atoms with E-state index < -0.39 is 0 Å². The zero-order chi connectivity index (χ0) is 22.1. The van der Waals surface area contributed by atoms with Gasteiger partial charge in [-0.2, -0.15) is 0 Å². The fourth-order valence-electron chi connectivity index (χ4n) is 3.98. The number of rotatable bonds is 7. The van der Waals surface area contributed by atoms with Crippen molar-refractivity contribution in [2.45, 2.75) is 13.3 Å². The summed E-state index contributed by atoms with van der Waals surface area (Å²) in [5, 5.41) is 10.9. The van der Waals surface area contributed by atoms with Crippen LogP contribution in [0.5, 0.6) is 11.5 Å². The molecule has 1 aromatic heterocycles. The number of fused-ring (bicyclic) bond motifs is 1. The molecule has 4 aromatic rings. The maximum absolute atomic E-state index is 13.4. The molecule has 1 fully saturated rings. The number of carbonyl (C=O) groups excluding carboxylic acids is 1. The number of benzene rings is 3. The smallest absolute Gasteiger partial charge is 0.203 e. The molecule has 2 heterocycles. The number of ether oxygens (including phenoxy) is 1. The third-order valence-corrected chi connectivity index (χ3v) is 7.11. The summed E-state index contributed by atoms with van der Waals surface area (Å²) in [6.07, 6.45) is 1.28. The van der Waals surface area contributed by atoms with E-state index in [0.717, 1.165) is 39.1 Å². The van der Waals surface area contributed by atoms with E-state index in [9.17, 15) is 9.90 Å². The number of aryl methyl sites for hydroxylation is 1. The second-order valence-electron chi connectivity index (χ2n) is 8.25. The van der Waals surface area contributed by atoms with Gasteiger partial charge in [-0.05, 0) is 62.3 Å². The van der Waals surface area contributed by atoms with Crippen LogP contribution >= 0.6 is 11.3 Å². The number of nitrogens with zero attached hydrogens (tertiary/aromatic N) is 1. The lowest BCUT2D eigenvalue weighted by molar-refractivity contribution is 0.104. The number of thiophene rings is 1. The van der Waals surface area contributed by atoms with Gasteiger partial charge in [0.25, 0.3) is 0 Å². The summed E-state index contributed by atoms with van der Waals surface area (Å²) < 4.78 is 6.80. The summed E-state index contributed by atoms with van der Waals surface area (Å²) >= 11 is 1.42. The molecule has 0 amide bonds. The van der Waals surface area contributed by atoms with E-state index in [1.165, 1.54) is 30.8 Å². The fourth-order valence-corrected chi connectivity index (χ4v) is 5.20. The predicted octanol–water partition coefficient (Wildman–Crippen LogP) is 5.90. The van der Waals surface area contributed by atoms with Crippen LogP contribution in [0.25, 0.3) is 21.2 Å². The van der Waals surface area contributed by atoms with Crippen LogP contribution < -0.4 is 4.74 Å². The monoisotopic (exact) mass is 443 g/mol. The van der Waals surface area contributed by atoms with E-state index in [4.69, 9.17) is 4.74 Å². The average molecular weight is 444 g/mol. The van der Waals surface area contributed by atoms with Gasteiger partial charge in [0.1, 0.15) is 18.1 Å². The summed E-state index contributed by atoms with van der Waals surface area (Å²) in [5.74, 6) is 1.03. The van der Waals surface area contributed by atoms with Gasteiger partial charge in [0.05, 0.1) is 4.88 Å². The zero-order valence-electron chi connectivity index (χ0n) is 18.0. The highest BCUT2D eigenvalue weighted by molar-refractivity contribution is 7.21. The van der Waals surface area contributed by atoms with E-state index >= 15 is 0 Å². The average Bonchev–Trinajstić information content (AvgIpc) is 3.14. The zero-order valence-corrected chi connectivity index (χ0v) is 18.8. The van der Waals surface area contributed by atoms with Crippen molar-refractivity contribution < 1.29 is 14.6 Å². The first-order valence-corrected chi connectivity index (χ1v) is 11.7. The lowest BCUT2D eigenvalue weighted by atomic mass is 9.98. The van der Waals surface area contributed by atoms with Crippen molar-refractivity contribution in [2.24, 2.45) is 0 Å². The minimum Gasteiger partial charge on any atom is -0.508 e. The molecule has 0 atom stereocenters. The molecule has 5 rings (SSSR count). The molecule has 0 saturated carbocycles. The highest BCUT2D eigenvalue weighted by Gasteiger charge is 2.21. The van der Waals surface area contributed by atoms with Crippen molar-refractivity contribution in [3.05, 3.63) is 82.7 Å². The largest absolute Gasteiger partial charge is 0.508 e. The first kappa shape index (κ1) is 20.7. The molecular formula is C27H25NO3S. The second kappa shape index (κ2) is 8.77. The quantitative estimate of drug-likeness (QED) is 0.362. The van der Waals surface area contributed by atoms with Crippen LogP contribution in [0.3, 0.4) is 0 Å². The van der Waals surface area contributed by atoms with Gasteiger partial charge >= 0.3 is 0 Å². The summed E-state index contributed by atoms with van der Waals surface area (Å²) in [6.45, 7) is 5.98. The number of phenolic OH excluding ortho intramolecular Hbond substituents is 1. The Hall–Kier alpha value is -3.15. The SMILES string of the molecule is Cc1ccc(C(=O)c2sc3cc(O)ccc3c2-c2ccc(OCCN3CCC3)cc2)cc1. The molecule has 3 aromatic carbocycles. The Morgan fingerprint density at radius 2 is 1.78 bits per heavy atom. The number of likely N-dealkylation sites (tertiary alicyclic amines) is 1. The molecule has 0 bridgehead atoms. The summed E-state index contributed by atoms with van der Waals surface area (Å²) in [5.41, 5.74) is 3.65. The molecule has 5 heteroatoms. The lowest BCUT2D eigenvalue weighted by Gasteiger charge is -2.30. The van der Waals surface area contributed by atoms with Crippen LogP contribution in [0.2, 0.25) is 0 Å². The summed E-state index contributed by atoms with van der Waals surface area (Å²) in [7, 11) is 0. The van der Waals surface area contributed by atoms with Gasteiger partial charge in [0.2, 0.25) is 5.78 Å². The molecule has 1 saturated heterocycles. The van der Waals surface area contributed by atoms with Gasteiger partial charge in [-0.1, -0.05) is 42.0 Å². The second-order valence-corrected chi connectivity index (χ2v) is 9.30. The summed E-state index contributed by atoms with van der Waals surface area (Å²) in [6, 6.07) is 20.9. The number of hydrogen-bond donors (Lipinski definition) is 1. The van der Waals surface area contributed by atoms with Gasteiger partial charge in [-0.3, -0.25) is 9.69 Å². The van der Waals surface area contributed by atoms with E-state index in [1.807, 2.05) is 61.5 Å². The Kier molecular flexibility index (Phi) is 5.68.